The summed E-state index contributed by atoms with van der Waals surface area (Å²) in [5, 5.41) is 6.11. The fourth-order valence-corrected chi connectivity index (χ4v) is 3.88. The second kappa shape index (κ2) is 6.65. The number of hydrogen-bond donors (Lipinski definition) is 1. The van der Waals surface area contributed by atoms with Crippen LogP contribution >= 0.6 is 11.3 Å². The minimum absolute atomic E-state index is 0.203. The third kappa shape index (κ3) is 4.17. The lowest BCUT2D eigenvalue weighted by Crippen LogP contribution is -2.18. The van der Waals surface area contributed by atoms with Crippen molar-refractivity contribution in [2.45, 2.75) is 11.3 Å². The van der Waals surface area contributed by atoms with Crippen LogP contribution in [0.25, 0.3) is 10.6 Å². The van der Waals surface area contributed by atoms with Gasteiger partial charge in [0.05, 0.1) is 9.77 Å². The fourth-order valence-electron chi connectivity index (χ4n) is 2.12. The molecule has 11 heteroatoms. The molecule has 2 heterocycles. The summed E-state index contributed by atoms with van der Waals surface area (Å²) in [6.07, 6.45) is -4.84. The van der Waals surface area contributed by atoms with Crippen molar-refractivity contribution in [1.29, 1.82) is 0 Å². The number of halogens is 3. The second-order valence-corrected chi connectivity index (χ2v) is 7.77. The van der Waals surface area contributed by atoms with Crippen LogP contribution in [0.5, 0.6) is 5.75 Å². The molecule has 3 rings (SSSR count). The van der Waals surface area contributed by atoms with Gasteiger partial charge in [-0.1, -0.05) is 6.07 Å². The predicted molar refractivity (Wildman–Crippen MR) is 90.5 cm³/mol. The van der Waals surface area contributed by atoms with Crippen molar-refractivity contribution >= 4 is 27.2 Å². The average molecular weight is 403 g/mol. The number of nitrogens with zero attached hydrogens (tertiary/aromatic N) is 2. The van der Waals surface area contributed by atoms with Gasteiger partial charge in [0.25, 0.3) is 10.0 Å². The Morgan fingerprint density at radius 2 is 1.88 bits per heavy atom. The molecule has 26 heavy (non-hydrogen) atoms. The first-order chi connectivity index (χ1) is 12.1. The maximum absolute atomic E-state index is 12.4. The summed E-state index contributed by atoms with van der Waals surface area (Å²) in [6.45, 7) is 0. The SMILES string of the molecule is Cn1nc(-c2cccs2)cc1NS(=O)(=O)c1ccc(OC(F)(F)F)cc1. The van der Waals surface area contributed by atoms with Crippen molar-refractivity contribution in [3.05, 3.63) is 47.8 Å². The van der Waals surface area contributed by atoms with E-state index in [4.69, 9.17) is 0 Å². The molecular weight excluding hydrogens is 391 g/mol. The quantitative estimate of drug-likeness (QED) is 0.702. The summed E-state index contributed by atoms with van der Waals surface area (Å²) in [5.41, 5.74) is 0.606. The molecular formula is C15H12F3N3O3S2. The molecule has 0 unspecified atom stereocenters. The van der Waals surface area contributed by atoms with E-state index in [1.807, 2.05) is 17.5 Å². The lowest BCUT2D eigenvalue weighted by molar-refractivity contribution is -0.274. The minimum Gasteiger partial charge on any atom is -0.406 e. The summed E-state index contributed by atoms with van der Waals surface area (Å²) >= 11 is 1.46. The van der Waals surface area contributed by atoms with Crippen molar-refractivity contribution in [3.63, 3.8) is 0 Å². The van der Waals surface area contributed by atoms with Crippen LogP contribution in [0.1, 0.15) is 0 Å². The number of thiophene rings is 1. The third-order valence-electron chi connectivity index (χ3n) is 3.26. The predicted octanol–water partition coefficient (Wildman–Crippen LogP) is 3.85. The van der Waals surface area contributed by atoms with E-state index < -0.39 is 22.1 Å². The largest absolute Gasteiger partial charge is 0.573 e. The summed E-state index contributed by atoms with van der Waals surface area (Å²) in [6, 6.07) is 9.20. The second-order valence-electron chi connectivity index (χ2n) is 5.14. The Morgan fingerprint density at radius 1 is 1.19 bits per heavy atom. The molecule has 0 spiro atoms. The van der Waals surface area contributed by atoms with E-state index in [2.05, 4.69) is 14.6 Å². The van der Waals surface area contributed by atoms with Crippen LogP contribution in [-0.4, -0.2) is 24.6 Å². The first kappa shape index (κ1) is 18.3. The van der Waals surface area contributed by atoms with Gasteiger partial charge >= 0.3 is 6.36 Å². The molecule has 0 bridgehead atoms. The van der Waals surface area contributed by atoms with Gasteiger partial charge < -0.3 is 4.74 Å². The molecule has 1 N–H and O–H groups in total. The average Bonchev–Trinajstić information content (AvgIpc) is 3.16. The zero-order valence-corrected chi connectivity index (χ0v) is 14.8. The van der Waals surface area contributed by atoms with E-state index in [-0.39, 0.29) is 10.7 Å². The van der Waals surface area contributed by atoms with Crippen molar-refractivity contribution in [2.75, 3.05) is 4.72 Å². The van der Waals surface area contributed by atoms with Crippen LogP contribution in [0.4, 0.5) is 19.0 Å². The molecule has 0 saturated carbocycles. The minimum atomic E-state index is -4.84. The summed E-state index contributed by atoms with van der Waals surface area (Å²) in [7, 11) is -2.42. The van der Waals surface area contributed by atoms with Crippen molar-refractivity contribution < 1.29 is 26.3 Å². The third-order valence-corrected chi connectivity index (χ3v) is 5.52. The fraction of sp³-hybridized carbons (Fsp3) is 0.133. The number of ether oxygens (including phenoxy) is 1. The van der Waals surface area contributed by atoms with E-state index >= 15 is 0 Å². The normalized spacial score (nSPS) is 12.2. The Hall–Kier alpha value is -2.53. The van der Waals surface area contributed by atoms with E-state index in [9.17, 15) is 21.6 Å². The topological polar surface area (TPSA) is 73.2 Å². The van der Waals surface area contributed by atoms with Gasteiger partial charge in [-0.2, -0.15) is 5.10 Å². The van der Waals surface area contributed by atoms with Crippen LogP contribution < -0.4 is 9.46 Å². The Kier molecular flexibility index (Phi) is 4.67. The highest BCUT2D eigenvalue weighted by Gasteiger charge is 2.31. The first-order valence-electron chi connectivity index (χ1n) is 7.11. The van der Waals surface area contributed by atoms with Gasteiger partial charge in [0.15, 0.2) is 0 Å². The van der Waals surface area contributed by atoms with E-state index in [0.717, 1.165) is 29.1 Å². The van der Waals surface area contributed by atoms with Gasteiger partial charge in [0, 0.05) is 13.1 Å². The number of alkyl halides is 3. The zero-order valence-electron chi connectivity index (χ0n) is 13.2. The number of sulfonamides is 1. The number of aryl methyl sites for hydroxylation is 1. The molecule has 0 fully saturated rings. The molecule has 0 radical (unpaired) electrons. The Labute approximate surface area is 150 Å². The molecule has 1 aromatic carbocycles. The summed E-state index contributed by atoms with van der Waals surface area (Å²) < 4.78 is 68.8. The molecule has 138 valence electrons. The number of hydrogen-bond acceptors (Lipinski definition) is 5. The van der Waals surface area contributed by atoms with Crippen LogP contribution in [0, 0.1) is 0 Å². The monoisotopic (exact) mass is 403 g/mol. The number of nitrogens with one attached hydrogen (secondary N) is 1. The molecule has 0 aliphatic heterocycles. The highest BCUT2D eigenvalue weighted by molar-refractivity contribution is 7.92. The number of benzene rings is 1. The summed E-state index contributed by atoms with van der Waals surface area (Å²) in [5.74, 6) is -0.277. The number of rotatable bonds is 5. The highest BCUT2D eigenvalue weighted by atomic mass is 32.2. The molecule has 6 nitrogen and oxygen atoms in total. The standard InChI is InChI=1S/C15H12F3N3O3S2/c1-21-14(9-12(19-21)13-3-2-8-25-13)20-26(22,23)11-6-4-10(5-7-11)24-15(16,17)18/h2-9,20H,1H3. The Morgan fingerprint density at radius 3 is 2.46 bits per heavy atom. The van der Waals surface area contributed by atoms with Crippen LogP contribution in [0.3, 0.4) is 0 Å². The number of aromatic nitrogens is 2. The molecule has 3 aromatic rings. The molecule has 0 amide bonds. The van der Waals surface area contributed by atoms with Gasteiger partial charge in [-0.05, 0) is 35.7 Å². The lowest BCUT2D eigenvalue weighted by atomic mass is 10.3. The molecule has 0 atom stereocenters. The van der Waals surface area contributed by atoms with Crippen LogP contribution in [0.15, 0.2) is 52.7 Å². The van der Waals surface area contributed by atoms with Crippen LogP contribution in [0.2, 0.25) is 0 Å². The Bertz CT molecular complexity index is 995. The van der Waals surface area contributed by atoms with Gasteiger partial charge in [-0.15, -0.1) is 24.5 Å². The van der Waals surface area contributed by atoms with Crippen LogP contribution in [-0.2, 0) is 17.1 Å². The van der Waals surface area contributed by atoms with Crippen molar-refractivity contribution in [3.8, 4) is 16.3 Å². The zero-order chi connectivity index (χ0) is 18.9. The van der Waals surface area contributed by atoms with Crippen molar-refractivity contribution in [1.82, 2.24) is 9.78 Å². The smallest absolute Gasteiger partial charge is 0.406 e. The number of anilines is 1. The molecule has 0 saturated heterocycles. The molecule has 0 aliphatic carbocycles. The van der Waals surface area contributed by atoms with Gasteiger partial charge in [-0.3, -0.25) is 9.40 Å². The molecule has 2 aromatic heterocycles. The lowest BCUT2D eigenvalue weighted by Gasteiger charge is -2.10. The van der Waals surface area contributed by atoms with Gasteiger partial charge in [0.2, 0.25) is 0 Å². The van der Waals surface area contributed by atoms with Gasteiger partial charge in [-0.25, -0.2) is 8.42 Å². The maximum atomic E-state index is 12.4. The Balaban J connectivity index is 1.81. The van der Waals surface area contributed by atoms with Crippen molar-refractivity contribution in [2.24, 2.45) is 7.05 Å². The van der Waals surface area contributed by atoms with E-state index in [1.165, 1.54) is 16.0 Å². The first-order valence-corrected chi connectivity index (χ1v) is 9.47. The molecule has 0 aliphatic rings. The van der Waals surface area contributed by atoms with E-state index in [0.29, 0.717) is 5.69 Å². The summed E-state index contributed by atoms with van der Waals surface area (Å²) in [4.78, 5) is 0.672. The van der Waals surface area contributed by atoms with E-state index in [1.54, 1.807) is 13.1 Å². The van der Waals surface area contributed by atoms with Gasteiger partial charge in [0.1, 0.15) is 17.3 Å². The maximum Gasteiger partial charge on any atom is 0.573 e. The highest BCUT2D eigenvalue weighted by Crippen LogP contribution is 2.28.